The number of piperidine rings is 1. The van der Waals surface area contributed by atoms with E-state index in [2.05, 4.69) is 11.4 Å². The number of ether oxygens (including phenoxy) is 1. The van der Waals surface area contributed by atoms with Crippen molar-refractivity contribution in [3.63, 3.8) is 0 Å². The Bertz CT molecular complexity index is 1200. The van der Waals surface area contributed by atoms with Gasteiger partial charge in [-0.3, -0.25) is 4.79 Å². The number of benzene rings is 2. The van der Waals surface area contributed by atoms with Crippen molar-refractivity contribution in [2.75, 3.05) is 25.5 Å². The third kappa shape index (κ3) is 4.68. The van der Waals surface area contributed by atoms with Crippen LogP contribution in [0.15, 0.2) is 47.4 Å². The number of nitrogens with one attached hydrogen (secondary N) is 1. The van der Waals surface area contributed by atoms with Crippen LogP contribution in [0.25, 0.3) is 0 Å². The zero-order valence-corrected chi connectivity index (χ0v) is 20.7. The molecule has 0 unspecified atom stereocenters. The molecule has 0 bridgehead atoms. The second kappa shape index (κ2) is 9.40. The number of nitriles is 1. The fourth-order valence-electron chi connectivity index (χ4n) is 4.46. The molecule has 2 fully saturated rings. The molecule has 1 aliphatic carbocycles. The Morgan fingerprint density at radius 2 is 1.79 bits per heavy atom. The average Bonchev–Trinajstić information content (AvgIpc) is 3.65. The molecule has 2 aromatic carbocycles. The fourth-order valence-corrected chi connectivity index (χ4v) is 6.12. The molecule has 0 aromatic heterocycles. The Labute approximate surface area is 201 Å². The van der Waals surface area contributed by atoms with Crippen LogP contribution in [-0.2, 0) is 20.2 Å². The molecule has 0 atom stereocenters. The van der Waals surface area contributed by atoms with Gasteiger partial charge in [-0.25, -0.2) is 8.42 Å². The third-order valence-electron chi connectivity index (χ3n) is 6.97. The molecule has 4 rings (SSSR count). The molecule has 2 aliphatic rings. The molecule has 34 heavy (non-hydrogen) atoms. The standard InChI is InChI=1S/C26H31N3O4S/c1-18(2)20-4-9-23(33-3)24(16-20)34(31,32)29-14-10-19(11-15-29)25(30)28-22-7-5-21(6-8-22)26(17-27)12-13-26/h4-9,16,18-19H,10-15H2,1-3H3,(H,28,30). The number of hydrogen-bond donors (Lipinski definition) is 1. The quantitative estimate of drug-likeness (QED) is 0.631. The topological polar surface area (TPSA) is 99.5 Å². The van der Waals surface area contributed by atoms with Crippen LogP contribution in [0, 0.1) is 17.2 Å². The summed E-state index contributed by atoms with van der Waals surface area (Å²) in [4.78, 5) is 13.0. The van der Waals surface area contributed by atoms with Gasteiger partial charge in [0.25, 0.3) is 0 Å². The summed E-state index contributed by atoms with van der Waals surface area (Å²) in [6, 6.07) is 15.1. The van der Waals surface area contributed by atoms with Gasteiger partial charge in [-0.15, -0.1) is 0 Å². The summed E-state index contributed by atoms with van der Waals surface area (Å²) in [7, 11) is -2.26. The number of carbonyl (C=O) groups is 1. The second-order valence-corrected chi connectivity index (χ2v) is 11.4. The van der Waals surface area contributed by atoms with Crippen LogP contribution in [-0.4, -0.2) is 38.8 Å². The van der Waals surface area contributed by atoms with Crippen LogP contribution in [0.2, 0.25) is 0 Å². The first kappa shape index (κ1) is 24.2. The van der Waals surface area contributed by atoms with Crippen LogP contribution >= 0.6 is 0 Å². The second-order valence-electron chi connectivity index (χ2n) is 9.50. The van der Waals surface area contributed by atoms with Crippen molar-refractivity contribution < 1.29 is 17.9 Å². The lowest BCUT2D eigenvalue weighted by atomic mass is 9.96. The molecule has 1 aliphatic heterocycles. The lowest BCUT2D eigenvalue weighted by Gasteiger charge is -2.31. The molecule has 2 aromatic rings. The van der Waals surface area contributed by atoms with E-state index in [0.29, 0.717) is 24.3 Å². The molecule has 1 N–H and O–H groups in total. The molecule has 1 saturated heterocycles. The largest absolute Gasteiger partial charge is 0.495 e. The molecular weight excluding hydrogens is 450 g/mol. The highest BCUT2D eigenvalue weighted by Gasteiger charge is 2.44. The van der Waals surface area contributed by atoms with Gasteiger partial charge >= 0.3 is 0 Å². The summed E-state index contributed by atoms with van der Waals surface area (Å²) in [5, 5.41) is 12.3. The minimum absolute atomic E-state index is 0.106. The van der Waals surface area contributed by atoms with E-state index in [1.54, 1.807) is 12.1 Å². The van der Waals surface area contributed by atoms with Gasteiger partial charge in [0.05, 0.1) is 18.6 Å². The van der Waals surface area contributed by atoms with E-state index in [4.69, 9.17) is 4.74 Å². The van der Waals surface area contributed by atoms with E-state index in [1.807, 2.05) is 44.2 Å². The van der Waals surface area contributed by atoms with Gasteiger partial charge in [0.15, 0.2) is 0 Å². The van der Waals surface area contributed by atoms with Crippen LogP contribution in [0.1, 0.15) is 56.6 Å². The molecule has 7 nitrogen and oxygen atoms in total. The summed E-state index contributed by atoms with van der Waals surface area (Å²) in [6.07, 6.45) is 2.66. The summed E-state index contributed by atoms with van der Waals surface area (Å²) in [6.45, 7) is 4.59. The number of rotatable bonds is 7. The lowest BCUT2D eigenvalue weighted by molar-refractivity contribution is -0.120. The number of anilines is 1. The molecule has 180 valence electrons. The summed E-state index contributed by atoms with van der Waals surface area (Å²) in [5.74, 6) is 0.157. The van der Waals surface area contributed by atoms with Crippen molar-refractivity contribution >= 4 is 21.6 Å². The van der Waals surface area contributed by atoms with Gasteiger partial charge < -0.3 is 10.1 Å². The van der Waals surface area contributed by atoms with E-state index in [0.717, 1.165) is 24.0 Å². The highest BCUT2D eigenvalue weighted by Crippen LogP contribution is 2.47. The first-order valence-electron chi connectivity index (χ1n) is 11.7. The van der Waals surface area contributed by atoms with Crippen molar-refractivity contribution in [3.05, 3.63) is 53.6 Å². The highest BCUT2D eigenvalue weighted by molar-refractivity contribution is 7.89. The molecule has 1 saturated carbocycles. The SMILES string of the molecule is COc1ccc(C(C)C)cc1S(=O)(=O)N1CCC(C(=O)Nc2ccc(C3(C#N)CC3)cc2)CC1. The zero-order chi connectivity index (χ0) is 24.5. The third-order valence-corrected chi connectivity index (χ3v) is 8.89. The predicted molar refractivity (Wildman–Crippen MR) is 130 cm³/mol. The van der Waals surface area contributed by atoms with Gasteiger partial charge in [0, 0.05) is 24.7 Å². The summed E-state index contributed by atoms with van der Waals surface area (Å²) < 4.78 is 33.5. The van der Waals surface area contributed by atoms with Crippen molar-refractivity contribution in [2.24, 2.45) is 5.92 Å². The minimum Gasteiger partial charge on any atom is -0.495 e. The van der Waals surface area contributed by atoms with E-state index in [-0.39, 0.29) is 41.1 Å². The maximum absolute atomic E-state index is 13.4. The first-order chi connectivity index (χ1) is 16.2. The van der Waals surface area contributed by atoms with Crippen LogP contribution in [0.4, 0.5) is 5.69 Å². The Hall–Kier alpha value is -2.89. The van der Waals surface area contributed by atoms with Gasteiger partial charge in [0.1, 0.15) is 10.6 Å². The van der Waals surface area contributed by atoms with Crippen LogP contribution in [0.3, 0.4) is 0 Å². The fraction of sp³-hybridized carbons (Fsp3) is 0.462. The number of hydrogen-bond acceptors (Lipinski definition) is 5. The summed E-state index contributed by atoms with van der Waals surface area (Å²) in [5.41, 5.74) is 2.26. The smallest absolute Gasteiger partial charge is 0.246 e. The monoisotopic (exact) mass is 481 g/mol. The Kier molecular flexibility index (Phi) is 6.70. The Balaban J connectivity index is 1.39. The van der Waals surface area contributed by atoms with Crippen molar-refractivity contribution in [2.45, 2.75) is 55.8 Å². The van der Waals surface area contributed by atoms with Gasteiger partial charge in [-0.05, 0) is 67.0 Å². The van der Waals surface area contributed by atoms with Gasteiger partial charge in [-0.2, -0.15) is 9.57 Å². The molecule has 8 heteroatoms. The van der Waals surface area contributed by atoms with E-state index in [9.17, 15) is 18.5 Å². The molecule has 0 radical (unpaired) electrons. The van der Waals surface area contributed by atoms with E-state index in [1.165, 1.54) is 11.4 Å². The molecular formula is C26H31N3O4S. The Morgan fingerprint density at radius 1 is 1.15 bits per heavy atom. The zero-order valence-electron chi connectivity index (χ0n) is 19.9. The van der Waals surface area contributed by atoms with Crippen LogP contribution < -0.4 is 10.1 Å². The van der Waals surface area contributed by atoms with Gasteiger partial charge in [0.2, 0.25) is 15.9 Å². The normalized spacial score (nSPS) is 18.3. The van der Waals surface area contributed by atoms with Crippen molar-refractivity contribution in [1.82, 2.24) is 4.31 Å². The number of nitrogens with zero attached hydrogens (tertiary/aromatic N) is 2. The van der Waals surface area contributed by atoms with Crippen molar-refractivity contribution in [3.8, 4) is 11.8 Å². The maximum Gasteiger partial charge on any atom is 0.246 e. The summed E-state index contributed by atoms with van der Waals surface area (Å²) >= 11 is 0. The molecule has 0 spiro atoms. The van der Waals surface area contributed by atoms with Crippen molar-refractivity contribution in [1.29, 1.82) is 5.26 Å². The number of carbonyl (C=O) groups excluding carboxylic acids is 1. The Morgan fingerprint density at radius 3 is 2.32 bits per heavy atom. The highest BCUT2D eigenvalue weighted by atomic mass is 32.2. The predicted octanol–water partition coefficient (Wildman–Crippen LogP) is 4.41. The molecule has 1 amide bonds. The van der Waals surface area contributed by atoms with Crippen LogP contribution in [0.5, 0.6) is 5.75 Å². The van der Waals surface area contributed by atoms with E-state index < -0.39 is 10.0 Å². The minimum atomic E-state index is -3.73. The number of sulfonamides is 1. The maximum atomic E-state index is 13.4. The van der Waals surface area contributed by atoms with E-state index >= 15 is 0 Å². The first-order valence-corrected chi connectivity index (χ1v) is 13.1. The lowest BCUT2D eigenvalue weighted by Crippen LogP contribution is -2.41. The molecule has 1 heterocycles. The van der Waals surface area contributed by atoms with Gasteiger partial charge in [-0.1, -0.05) is 32.0 Å². The number of amides is 1. The number of methoxy groups -OCH3 is 1. The average molecular weight is 482 g/mol.